The minimum Gasteiger partial charge on any atom is -0.394 e. The Hall–Kier alpha value is -2.22. The molecule has 0 aliphatic carbocycles. The molecule has 11 heteroatoms. The van der Waals surface area contributed by atoms with Gasteiger partial charge in [-0.2, -0.15) is 0 Å². The molecule has 0 spiro atoms. The lowest BCUT2D eigenvalue weighted by Crippen LogP contribution is -2.54. The van der Waals surface area contributed by atoms with Gasteiger partial charge in [-0.05, 0) is 52.9 Å². The summed E-state index contributed by atoms with van der Waals surface area (Å²) < 4.78 is 43.5. The number of halogens is 4. The maximum Gasteiger partial charge on any atom is 0.226 e. The highest BCUT2D eigenvalue weighted by atomic mass is 127. The van der Waals surface area contributed by atoms with Crippen molar-refractivity contribution in [1.82, 2.24) is 10.6 Å². The van der Waals surface area contributed by atoms with Crippen LogP contribution in [0.2, 0.25) is 0 Å². The second-order valence-electron chi connectivity index (χ2n) is 7.39. The normalized spacial score (nSPS) is 15.6. The van der Waals surface area contributed by atoms with Crippen molar-refractivity contribution in [2.45, 2.75) is 18.6 Å². The van der Waals surface area contributed by atoms with Crippen LogP contribution >= 0.6 is 22.6 Å². The number of carbonyl (C=O) groups excluding carboxylic acids is 2. The van der Waals surface area contributed by atoms with Crippen LogP contribution < -0.4 is 16.0 Å². The fraction of sp³-hybridized carbons (Fsp3) is 0.333. The van der Waals surface area contributed by atoms with Crippen LogP contribution in [0, 0.1) is 26.9 Å². The van der Waals surface area contributed by atoms with Crippen LogP contribution in [0.1, 0.15) is 16.8 Å². The van der Waals surface area contributed by atoms with E-state index < -0.39 is 53.6 Å². The molecule has 3 rings (SSSR count). The van der Waals surface area contributed by atoms with Crippen LogP contribution in [0.4, 0.5) is 24.5 Å². The highest BCUT2D eigenvalue weighted by Gasteiger charge is 2.32. The van der Waals surface area contributed by atoms with Gasteiger partial charge in [0, 0.05) is 28.6 Å². The van der Waals surface area contributed by atoms with Gasteiger partial charge in [0.05, 0.1) is 36.0 Å². The van der Waals surface area contributed by atoms with Crippen molar-refractivity contribution >= 4 is 45.7 Å². The first-order valence-electron chi connectivity index (χ1n) is 9.75. The Morgan fingerprint density at radius 2 is 1.88 bits per heavy atom. The first kappa shape index (κ1) is 24.4. The van der Waals surface area contributed by atoms with Crippen molar-refractivity contribution in [1.29, 1.82) is 0 Å². The van der Waals surface area contributed by atoms with Gasteiger partial charge >= 0.3 is 0 Å². The Bertz CT molecular complexity index is 1020. The molecule has 1 saturated heterocycles. The summed E-state index contributed by atoms with van der Waals surface area (Å²) in [7, 11) is 0. The SMILES string of the molecule is O=C(NC(CC(O)CO)C(=O)c1ccc(F)c(F)c1Nc1ccc(I)cc1F)C1CNC1. The second-order valence-corrected chi connectivity index (χ2v) is 8.63. The van der Waals surface area contributed by atoms with Gasteiger partial charge in [-0.25, -0.2) is 13.2 Å². The van der Waals surface area contributed by atoms with Gasteiger partial charge in [0.25, 0.3) is 0 Å². The zero-order chi connectivity index (χ0) is 23.4. The Balaban J connectivity index is 1.96. The third-order valence-corrected chi connectivity index (χ3v) is 5.73. The minimum absolute atomic E-state index is 0.180. The first-order valence-corrected chi connectivity index (χ1v) is 10.8. The molecule has 2 aromatic rings. The number of rotatable bonds is 9. The van der Waals surface area contributed by atoms with Crippen LogP contribution in [-0.2, 0) is 4.79 Å². The van der Waals surface area contributed by atoms with Crippen molar-refractivity contribution in [3.63, 3.8) is 0 Å². The third kappa shape index (κ3) is 5.57. The molecular weight excluding hydrogens is 542 g/mol. The topological polar surface area (TPSA) is 111 Å². The summed E-state index contributed by atoms with van der Waals surface area (Å²) in [6.07, 6.45) is -1.68. The molecule has 7 nitrogen and oxygen atoms in total. The largest absolute Gasteiger partial charge is 0.394 e. The molecule has 1 aliphatic heterocycles. The number of anilines is 2. The van der Waals surface area contributed by atoms with E-state index in [4.69, 9.17) is 0 Å². The highest BCUT2D eigenvalue weighted by molar-refractivity contribution is 14.1. The summed E-state index contributed by atoms with van der Waals surface area (Å²) in [5.74, 6) is -5.05. The van der Waals surface area contributed by atoms with Gasteiger partial charge in [-0.15, -0.1) is 0 Å². The molecule has 1 fully saturated rings. The van der Waals surface area contributed by atoms with Gasteiger partial charge in [-0.3, -0.25) is 9.59 Å². The Morgan fingerprint density at radius 3 is 2.47 bits per heavy atom. The van der Waals surface area contributed by atoms with E-state index in [9.17, 15) is 33.0 Å². The first-order chi connectivity index (χ1) is 15.2. The smallest absolute Gasteiger partial charge is 0.226 e. The van der Waals surface area contributed by atoms with E-state index in [0.29, 0.717) is 16.7 Å². The summed E-state index contributed by atoms with van der Waals surface area (Å²) in [5, 5.41) is 26.9. The van der Waals surface area contributed by atoms with Crippen LogP contribution in [0.3, 0.4) is 0 Å². The Kier molecular flexibility index (Phi) is 8.09. The average molecular weight is 563 g/mol. The molecule has 0 radical (unpaired) electrons. The van der Waals surface area contributed by atoms with E-state index in [1.165, 1.54) is 18.2 Å². The average Bonchev–Trinajstić information content (AvgIpc) is 2.70. The van der Waals surface area contributed by atoms with Crippen LogP contribution in [0.15, 0.2) is 30.3 Å². The maximum absolute atomic E-state index is 14.7. The summed E-state index contributed by atoms with van der Waals surface area (Å²) in [4.78, 5) is 25.6. The molecule has 1 aliphatic rings. The monoisotopic (exact) mass is 563 g/mol. The van der Waals surface area contributed by atoms with Gasteiger partial charge in [0.1, 0.15) is 5.82 Å². The lowest BCUT2D eigenvalue weighted by molar-refractivity contribution is -0.127. The number of aliphatic hydroxyl groups is 2. The second kappa shape index (κ2) is 10.6. The molecule has 0 saturated carbocycles. The lowest BCUT2D eigenvalue weighted by atomic mass is 9.95. The molecule has 2 atom stereocenters. The summed E-state index contributed by atoms with van der Waals surface area (Å²) in [5.41, 5.74) is -1.12. The number of hydrogen-bond acceptors (Lipinski definition) is 6. The Morgan fingerprint density at radius 1 is 1.16 bits per heavy atom. The number of amides is 1. The van der Waals surface area contributed by atoms with Crippen molar-refractivity contribution in [2.75, 3.05) is 25.0 Å². The number of Topliss-reactive ketones (excluding diaryl/α,β-unsaturated/α-hetero) is 1. The fourth-order valence-electron chi connectivity index (χ4n) is 3.13. The van der Waals surface area contributed by atoms with E-state index in [-0.39, 0.29) is 23.6 Å². The van der Waals surface area contributed by atoms with Crippen molar-refractivity contribution in [2.24, 2.45) is 5.92 Å². The van der Waals surface area contributed by atoms with E-state index in [1.807, 2.05) is 22.6 Å². The van der Waals surface area contributed by atoms with Gasteiger partial charge in [0.2, 0.25) is 5.91 Å². The van der Waals surface area contributed by atoms with E-state index in [1.54, 1.807) is 0 Å². The maximum atomic E-state index is 14.7. The van der Waals surface area contributed by atoms with Crippen LogP contribution in [-0.4, -0.2) is 53.7 Å². The standard InChI is InChI=1S/C21H21F3IN3O4/c22-14-3-2-13(19(18(14)24)27-16-4-1-11(25)5-15(16)23)20(31)17(6-12(30)9-29)28-21(32)10-7-26-8-10/h1-5,10,12,17,26-27,29-30H,6-9H2,(H,28,32). The summed E-state index contributed by atoms with van der Waals surface area (Å²) in [6.45, 7) is 0.167. The quantitative estimate of drug-likeness (QED) is 0.236. The van der Waals surface area contributed by atoms with Crippen LogP contribution in [0.25, 0.3) is 0 Å². The van der Waals surface area contributed by atoms with Gasteiger partial charge < -0.3 is 26.2 Å². The number of aliphatic hydroxyl groups excluding tert-OH is 2. The van der Waals surface area contributed by atoms with E-state index in [0.717, 1.165) is 12.1 Å². The molecule has 32 heavy (non-hydrogen) atoms. The number of hydrogen-bond donors (Lipinski definition) is 5. The fourth-order valence-corrected chi connectivity index (χ4v) is 3.59. The molecule has 0 aromatic heterocycles. The zero-order valence-corrected chi connectivity index (χ0v) is 18.8. The summed E-state index contributed by atoms with van der Waals surface area (Å²) in [6, 6.07) is 4.47. The Labute approximate surface area is 195 Å². The number of carbonyl (C=O) groups is 2. The number of ketones is 1. The zero-order valence-electron chi connectivity index (χ0n) is 16.7. The van der Waals surface area contributed by atoms with E-state index in [2.05, 4.69) is 16.0 Å². The molecule has 0 bridgehead atoms. The van der Waals surface area contributed by atoms with E-state index >= 15 is 0 Å². The van der Waals surface area contributed by atoms with Gasteiger partial charge in [0.15, 0.2) is 17.4 Å². The number of benzene rings is 2. The molecule has 2 aromatic carbocycles. The molecule has 1 heterocycles. The minimum atomic E-state index is -1.40. The van der Waals surface area contributed by atoms with Crippen molar-refractivity contribution < 1.29 is 33.0 Å². The molecule has 5 N–H and O–H groups in total. The lowest BCUT2D eigenvalue weighted by Gasteiger charge is -2.29. The van der Waals surface area contributed by atoms with Gasteiger partial charge in [-0.1, -0.05) is 0 Å². The summed E-state index contributed by atoms with van der Waals surface area (Å²) >= 11 is 1.89. The predicted molar refractivity (Wildman–Crippen MR) is 119 cm³/mol. The molecular formula is C21H21F3IN3O4. The molecule has 2 unspecified atom stereocenters. The molecule has 172 valence electrons. The van der Waals surface area contributed by atoms with Crippen LogP contribution in [0.5, 0.6) is 0 Å². The molecule has 1 amide bonds. The van der Waals surface area contributed by atoms with Crippen molar-refractivity contribution in [3.8, 4) is 0 Å². The van der Waals surface area contributed by atoms with Crippen molar-refractivity contribution in [3.05, 3.63) is 56.9 Å². The highest BCUT2D eigenvalue weighted by Crippen LogP contribution is 2.30. The number of nitrogens with one attached hydrogen (secondary N) is 3. The third-order valence-electron chi connectivity index (χ3n) is 5.05. The predicted octanol–water partition coefficient (Wildman–Crippen LogP) is 2.08.